The Bertz CT molecular complexity index is 161. The van der Waals surface area contributed by atoms with Gasteiger partial charge in [0.05, 0.1) is 0 Å². The van der Waals surface area contributed by atoms with Crippen molar-refractivity contribution in [3.8, 4) is 0 Å². The third-order valence-electron chi connectivity index (χ3n) is 1.04. The number of carbonyl (C=O) groups is 1. The van der Waals surface area contributed by atoms with Crippen molar-refractivity contribution < 1.29 is 14.6 Å². The lowest BCUT2D eigenvalue weighted by molar-refractivity contribution is -0.121. The van der Waals surface area contributed by atoms with Crippen molar-refractivity contribution in [2.75, 3.05) is 19.1 Å². The third-order valence-corrected chi connectivity index (χ3v) is 1.36. The number of ether oxygens (including phenoxy) is 1. The van der Waals surface area contributed by atoms with Crippen LogP contribution in [0, 0.1) is 0 Å². The van der Waals surface area contributed by atoms with Gasteiger partial charge in [0, 0.05) is 6.61 Å². The predicted molar refractivity (Wildman–Crippen MR) is 49.2 cm³/mol. The van der Waals surface area contributed by atoms with Crippen LogP contribution in [0.1, 0.15) is 6.42 Å². The van der Waals surface area contributed by atoms with Gasteiger partial charge >= 0.3 is 0 Å². The number of hydrogen-bond donors (Lipinski definition) is 3. The average Bonchev–Trinajstić information content (AvgIpc) is 2.03. The Kier molecular flexibility index (Phi) is 6.60. The van der Waals surface area contributed by atoms with Crippen molar-refractivity contribution in [2.24, 2.45) is 0 Å². The van der Waals surface area contributed by atoms with E-state index in [0.29, 0.717) is 6.61 Å². The van der Waals surface area contributed by atoms with E-state index >= 15 is 0 Å². The van der Waals surface area contributed by atoms with Gasteiger partial charge in [0.2, 0.25) is 0 Å². The highest BCUT2D eigenvalue weighted by atomic mass is 32.1. The van der Waals surface area contributed by atoms with E-state index in [1.807, 2.05) is 0 Å². The van der Waals surface area contributed by atoms with E-state index in [9.17, 15) is 4.79 Å². The van der Waals surface area contributed by atoms with Gasteiger partial charge in [-0.15, -0.1) is 0 Å². The van der Waals surface area contributed by atoms with E-state index in [0.717, 1.165) is 12.2 Å². The Balaban J connectivity index is 3.20. The fourth-order valence-electron chi connectivity index (χ4n) is 0.457. The fraction of sp³-hybridized carbons (Fsp3) is 0.571. The molecule has 2 N–H and O–H groups in total. The Hall–Kier alpha value is -0.680. The van der Waals surface area contributed by atoms with Crippen LogP contribution >= 0.6 is 12.6 Å². The van der Waals surface area contributed by atoms with Gasteiger partial charge in [0.15, 0.2) is 5.76 Å². The first-order chi connectivity index (χ1) is 5.68. The first-order valence-corrected chi connectivity index (χ1v) is 4.16. The van der Waals surface area contributed by atoms with Gasteiger partial charge in [-0.05, 0) is 12.2 Å². The minimum Gasteiger partial charge on any atom is -0.503 e. The summed E-state index contributed by atoms with van der Waals surface area (Å²) < 4.78 is 4.96. The van der Waals surface area contributed by atoms with E-state index in [1.54, 1.807) is 0 Å². The van der Waals surface area contributed by atoms with Crippen LogP contribution in [0.15, 0.2) is 12.3 Å². The number of nitrogens with one attached hydrogen (secondary N) is 1. The molecule has 0 saturated carbocycles. The second-order valence-electron chi connectivity index (χ2n) is 2.08. The monoisotopic (exact) mass is 191 g/mol. The van der Waals surface area contributed by atoms with Crippen molar-refractivity contribution in [3.63, 3.8) is 0 Å². The molecular weight excluding hydrogens is 178 g/mol. The molecule has 70 valence electrons. The molecular formula is C7H13NO3S. The molecule has 0 aliphatic carbocycles. The lowest BCUT2D eigenvalue weighted by atomic mass is 10.5. The van der Waals surface area contributed by atoms with Gasteiger partial charge in [0.1, 0.15) is 6.73 Å². The third kappa shape index (κ3) is 6.06. The zero-order valence-corrected chi connectivity index (χ0v) is 7.64. The SMILES string of the molecule is C=C(O)C(=O)NCOCCCS. The Labute approximate surface area is 77.0 Å². The number of rotatable bonds is 6. The van der Waals surface area contributed by atoms with Crippen LogP contribution in [0.4, 0.5) is 0 Å². The van der Waals surface area contributed by atoms with Crippen molar-refractivity contribution in [1.82, 2.24) is 5.32 Å². The second kappa shape index (κ2) is 7.00. The molecule has 0 aromatic heterocycles. The lowest BCUT2D eigenvalue weighted by Crippen LogP contribution is -2.27. The molecule has 0 saturated heterocycles. The van der Waals surface area contributed by atoms with E-state index in [-0.39, 0.29) is 6.73 Å². The van der Waals surface area contributed by atoms with Crippen LogP contribution in [-0.4, -0.2) is 30.1 Å². The van der Waals surface area contributed by atoms with E-state index in [2.05, 4.69) is 24.5 Å². The summed E-state index contributed by atoms with van der Waals surface area (Å²) in [4.78, 5) is 10.6. The molecule has 0 spiro atoms. The maximum atomic E-state index is 10.6. The molecule has 1 amide bonds. The highest BCUT2D eigenvalue weighted by Crippen LogP contribution is 1.85. The van der Waals surface area contributed by atoms with Crippen molar-refractivity contribution in [2.45, 2.75) is 6.42 Å². The summed E-state index contributed by atoms with van der Waals surface area (Å²) in [5, 5.41) is 10.9. The number of thiol groups is 1. The molecule has 4 nitrogen and oxygen atoms in total. The highest BCUT2D eigenvalue weighted by Gasteiger charge is 2.01. The fourth-order valence-corrected chi connectivity index (χ4v) is 0.586. The smallest absolute Gasteiger partial charge is 0.287 e. The predicted octanol–water partition coefficient (Wildman–Crippen LogP) is 0.468. The quantitative estimate of drug-likeness (QED) is 0.188. The van der Waals surface area contributed by atoms with Crippen molar-refractivity contribution in [3.05, 3.63) is 12.3 Å². The molecule has 0 aliphatic heterocycles. The van der Waals surface area contributed by atoms with Crippen LogP contribution in [0.5, 0.6) is 0 Å². The largest absolute Gasteiger partial charge is 0.503 e. The second-order valence-corrected chi connectivity index (χ2v) is 2.53. The molecule has 0 radical (unpaired) electrons. The van der Waals surface area contributed by atoms with Crippen LogP contribution in [0.3, 0.4) is 0 Å². The number of carbonyl (C=O) groups excluding carboxylic acids is 1. The molecule has 0 fully saturated rings. The van der Waals surface area contributed by atoms with Gasteiger partial charge in [-0.1, -0.05) is 6.58 Å². The molecule has 5 heteroatoms. The lowest BCUT2D eigenvalue weighted by Gasteiger charge is -2.04. The summed E-state index contributed by atoms with van der Waals surface area (Å²) in [6.45, 7) is 3.68. The molecule has 0 unspecified atom stereocenters. The zero-order valence-electron chi connectivity index (χ0n) is 6.75. The van der Waals surface area contributed by atoms with Crippen LogP contribution in [0.2, 0.25) is 0 Å². The van der Waals surface area contributed by atoms with E-state index < -0.39 is 11.7 Å². The molecule has 0 bridgehead atoms. The molecule has 0 aromatic rings. The molecule has 12 heavy (non-hydrogen) atoms. The summed E-state index contributed by atoms with van der Waals surface area (Å²) in [6.07, 6.45) is 0.832. The molecule has 0 aromatic carbocycles. The number of aliphatic hydroxyl groups is 1. The van der Waals surface area contributed by atoms with Gasteiger partial charge in [-0.2, -0.15) is 12.6 Å². The Morgan fingerprint density at radius 3 is 2.83 bits per heavy atom. The summed E-state index contributed by atoms with van der Waals surface area (Å²) in [5.74, 6) is -0.366. The van der Waals surface area contributed by atoms with E-state index in [1.165, 1.54) is 0 Å². The summed E-state index contributed by atoms with van der Waals surface area (Å²) >= 11 is 3.97. The summed E-state index contributed by atoms with van der Waals surface area (Å²) in [6, 6.07) is 0. The summed E-state index contributed by atoms with van der Waals surface area (Å²) in [7, 11) is 0. The van der Waals surface area contributed by atoms with E-state index in [4.69, 9.17) is 9.84 Å². The Morgan fingerprint density at radius 1 is 1.67 bits per heavy atom. The standard InChI is InChI=1S/C7H13NO3S/c1-6(9)7(10)8-5-11-3-2-4-12/h9,12H,1-5H2,(H,8,10). The van der Waals surface area contributed by atoms with Crippen molar-refractivity contribution in [1.29, 1.82) is 0 Å². The van der Waals surface area contributed by atoms with Gasteiger partial charge in [-0.25, -0.2) is 0 Å². The van der Waals surface area contributed by atoms with Gasteiger partial charge in [0.25, 0.3) is 5.91 Å². The van der Waals surface area contributed by atoms with Gasteiger partial charge < -0.3 is 15.2 Å². The maximum Gasteiger partial charge on any atom is 0.287 e. The van der Waals surface area contributed by atoms with Crippen LogP contribution in [0.25, 0.3) is 0 Å². The maximum absolute atomic E-state index is 10.6. The molecule has 0 atom stereocenters. The van der Waals surface area contributed by atoms with Crippen molar-refractivity contribution >= 4 is 18.5 Å². The topological polar surface area (TPSA) is 58.6 Å². The minimum absolute atomic E-state index is 0.0895. The normalized spacial score (nSPS) is 9.42. The number of hydrogen-bond acceptors (Lipinski definition) is 4. The summed E-state index contributed by atoms with van der Waals surface area (Å²) in [5.41, 5.74) is 0. The number of amides is 1. The molecule has 0 heterocycles. The Morgan fingerprint density at radius 2 is 2.33 bits per heavy atom. The highest BCUT2D eigenvalue weighted by molar-refractivity contribution is 7.80. The van der Waals surface area contributed by atoms with Crippen LogP contribution in [-0.2, 0) is 9.53 Å². The molecule has 0 aliphatic rings. The number of aliphatic hydroxyl groups excluding tert-OH is 1. The van der Waals surface area contributed by atoms with Crippen LogP contribution < -0.4 is 5.32 Å². The average molecular weight is 191 g/mol. The van der Waals surface area contributed by atoms with Gasteiger partial charge in [-0.3, -0.25) is 4.79 Å². The molecule has 0 rings (SSSR count). The first kappa shape index (κ1) is 11.3. The minimum atomic E-state index is -0.610. The zero-order chi connectivity index (χ0) is 9.40. The first-order valence-electron chi connectivity index (χ1n) is 3.53.